The van der Waals surface area contributed by atoms with Crippen LogP contribution in [0.2, 0.25) is 0 Å². The lowest BCUT2D eigenvalue weighted by molar-refractivity contribution is -0.0581. The van der Waals surface area contributed by atoms with Gasteiger partial charge in [-0.2, -0.15) is 13.2 Å². The highest BCUT2D eigenvalue weighted by Gasteiger charge is 2.42. The molecule has 0 fully saturated rings. The van der Waals surface area contributed by atoms with Crippen LogP contribution < -0.4 is 16.2 Å². The molecule has 4 rings (SSSR count). The van der Waals surface area contributed by atoms with Crippen LogP contribution in [0.15, 0.2) is 130 Å². The van der Waals surface area contributed by atoms with Crippen molar-refractivity contribution in [3.8, 4) is 0 Å². The van der Waals surface area contributed by atoms with E-state index in [9.17, 15) is 18.0 Å². The third-order valence-electron chi connectivity index (χ3n) is 5.74. The van der Waals surface area contributed by atoms with E-state index in [1.54, 1.807) is 91.0 Å². The molecule has 0 spiro atoms. The fourth-order valence-corrected chi connectivity index (χ4v) is 3.93. The minimum Gasteiger partial charge on any atom is -0.467 e. The number of rotatable bonds is 9. The van der Waals surface area contributed by atoms with Crippen molar-refractivity contribution in [3.63, 3.8) is 0 Å². The molecule has 1 heterocycles. The molecule has 0 aliphatic heterocycles. The predicted molar refractivity (Wildman–Crippen MR) is 140 cm³/mol. The number of alkyl halides is 3. The number of nitrogens with zero attached hydrogens (tertiary/aromatic N) is 1. The molecular weight excluding hydrogens is 476 g/mol. The number of allylic oxidation sites excluding steroid dienone is 2. The van der Waals surface area contributed by atoms with E-state index in [4.69, 9.17) is 4.42 Å². The molecule has 0 aliphatic rings. The molecule has 0 saturated heterocycles. The molecule has 0 unspecified atom stereocenters. The van der Waals surface area contributed by atoms with E-state index in [1.807, 2.05) is 0 Å². The predicted octanol–water partition coefficient (Wildman–Crippen LogP) is 5.34. The summed E-state index contributed by atoms with van der Waals surface area (Å²) in [7, 11) is 0. The van der Waals surface area contributed by atoms with Gasteiger partial charge in [-0.05, 0) is 30.0 Å². The first kappa shape index (κ1) is 25.8. The van der Waals surface area contributed by atoms with Crippen LogP contribution in [0, 0.1) is 0 Å². The Balaban J connectivity index is 1.90. The van der Waals surface area contributed by atoms with E-state index >= 15 is 0 Å². The average Bonchev–Trinajstić information content (AvgIpc) is 3.44. The molecule has 0 bridgehead atoms. The molecule has 0 amide bonds. The number of furan rings is 1. The molecule has 37 heavy (non-hydrogen) atoms. The first-order valence-electron chi connectivity index (χ1n) is 11.7. The Bertz CT molecular complexity index is 1330. The Labute approximate surface area is 213 Å². The van der Waals surface area contributed by atoms with Crippen LogP contribution in [-0.2, 0) is 6.54 Å². The minimum absolute atomic E-state index is 0.0428. The number of carbonyl (C=O) groups excluding carboxylic acids is 1. The van der Waals surface area contributed by atoms with E-state index in [2.05, 4.69) is 10.2 Å². The summed E-state index contributed by atoms with van der Waals surface area (Å²) in [5.74, 6) is -0.260. The maximum atomic E-state index is 14.7. The number of benzene rings is 3. The lowest BCUT2D eigenvalue weighted by atomic mass is 9.51. The SMILES string of the molecule is C/C(NCc1ccco1)=C(C(=O)c1ccccc1)/C(=N/B(c1ccccc1)c1ccccc1)C(F)(F)F. The lowest BCUT2D eigenvalue weighted by Gasteiger charge is -2.20. The van der Waals surface area contributed by atoms with Gasteiger partial charge in [-0.25, -0.2) is 0 Å². The summed E-state index contributed by atoms with van der Waals surface area (Å²) in [6, 6.07) is 28.7. The van der Waals surface area contributed by atoms with Crippen LogP contribution in [-0.4, -0.2) is 24.5 Å². The van der Waals surface area contributed by atoms with Crippen molar-refractivity contribution in [3.05, 3.63) is 132 Å². The van der Waals surface area contributed by atoms with Gasteiger partial charge in [0, 0.05) is 11.3 Å². The molecule has 0 atom stereocenters. The van der Waals surface area contributed by atoms with Gasteiger partial charge in [0.2, 0.25) is 0 Å². The first-order valence-corrected chi connectivity index (χ1v) is 11.7. The second-order valence-corrected chi connectivity index (χ2v) is 8.33. The summed E-state index contributed by atoms with van der Waals surface area (Å²) in [6.07, 6.45) is -3.44. The Morgan fingerprint density at radius 2 is 1.38 bits per heavy atom. The Morgan fingerprint density at radius 3 is 1.86 bits per heavy atom. The number of ketones is 1. The highest BCUT2D eigenvalue weighted by Crippen LogP contribution is 2.27. The normalized spacial score (nSPS) is 12.6. The molecule has 4 nitrogen and oxygen atoms in total. The van der Waals surface area contributed by atoms with E-state index in [0.717, 1.165) is 0 Å². The second-order valence-electron chi connectivity index (χ2n) is 8.33. The van der Waals surface area contributed by atoms with Gasteiger partial charge in [0.15, 0.2) is 5.78 Å². The zero-order valence-electron chi connectivity index (χ0n) is 20.1. The molecule has 0 radical (unpaired) electrons. The van der Waals surface area contributed by atoms with Gasteiger partial charge in [-0.1, -0.05) is 91.0 Å². The zero-order valence-corrected chi connectivity index (χ0v) is 20.1. The maximum Gasteiger partial charge on any atom is 0.432 e. The summed E-state index contributed by atoms with van der Waals surface area (Å²) in [4.78, 5) is 17.8. The number of halogens is 3. The van der Waals surface area contributed by atoms with Gasteiger partial charge < -0.3 is 14.6 Å². The van der Waals surface area contributed by atoms with Gasteiger partial charge in [0.1, 0.15) is 11.5 Å². The average molecular weight is 500 g/mol. The molecule has 0 saturated carbocycles. The van der Waals surface area contributed by atoms with Crippen molar-refractivity contribution in [1.82, 2.24) is 5.32 Å². The highest BCUT2D eigenvalue weighted by atomic mass is 19.4. The van der Waals surface area contributed by atoms with E-state index < -0.39 is 30.1 Å². The van der Waals surface area contributed by atoms with Crippen molar-refractivity contribution in [2.75, 3.05) is 0 Å². The molecule has 8 heteroatoms. The molecular formula is C29H24BF3N2O2. The maximum absolute atomic E-state index is 14.7. The Kier molecular flexibility index (Phi) is 8.08. The summed E-state index contributed by atoms with van der Waals surface area (Å²) < 4.78 is 49.5. The summed E-state index contributed by atoms with van der Waals surface area (Å²) in [5.41, 5.74) is -0.470. The van der Waals surface area contributed by atoms with Crippen molar-refractivity contribution in [2.45, 2.75) is 19.6 Å². The smallest absolute Gasteiger partial charge is 0.432 e. The monoisotopic (exact) mass is 500 g/mol. The van der Waals surface area contributed by atoms with Crippen LogP contribution in [0.5, 0.6) is 0 Å². The lowest BCUT2D eigenvalue weighted by Crippen LogP contribution is -2.44. The summed E-state index contributed by atoms with van der Waals surface area (Å²) in [5, 5.41) is 2.93. The molecule has 0 aliphatic carbocycles. The largest absolute Gasteiger partial charge is 0.467 e. The van der Waals surface area contributed by atoms with Gasteiger partial charge in [-0.3, -0.25) is 4.79 Å². The summed E-state index contributed by atoms with van der Waals surface area (Å²) in [6.45, 7) is 0.576. The third kappa shape index (κ3) is 6.47. The van der Waals surface area contributed by atoms with Crippen molar-refractivity contribution >= 4 is 29.3 Å². The second kappa shape index (κ2) is 11.6. The molecule has 4 aromatic rings. The summed E-state index contributed by atoms with van der Waals surface area (Å²) >= 11 is 0. The Morgan fingerprint density at radius 1 is 0.838 bits per heavy atom. The van der Waals surface area contributed by atoms with Crippen molar-refractivity contribution < 1.29 is 22.4 Å². The third-order valence-corrected chi connectivity index (χ3v) is 5.74. The Hall–Kier alpha value is -4.33. The van der Waals surface area contributed by atoms with Gasteiger partial charge in [0.25, 0.3) is 0 Å². The van der Waals surface area contributed by atoms with Crippen LogP contribution in [0.4, 0.5) is 13.2 Å². The zero-order chi connectivity index (χ0) is 26.3. The number of carbonyl (C=O) groups is 1. The number of nitrogens with one attached hydrogen (secondary N) is 1. The number of hydrogen-bond acceptors (Lipinski definition) is 4. The van der Waals surface area contributed by atoms with Crippen LogP contribution in [0.1, 0.15) is 23.0 Å². The molecule has 1 aromatic heterocycles. The molecule has 186 valence electrons. The topological polar surface area (TPSA) is 54.6 Å². The quantitative estimate of drug-likeness (QED) is 0.146. The van der Waals surface area contributed by atoms with Gasteiger partial charge in [0.05, 0.1) is 18.4 Å². The number of Topliss-reactive ketones (excluding diaryl/α,β-unsaturated/α-hetero) is 1. The van der Waals surface area contributed by atoms with Crippen LogP contribution >= 0.6 is 0 Å². The molecule has 1 N–H and O–H groups in total. The fourth-order valence-electron chi connectivity index (χ4n) is 3.93. The van der Waals surface area contributed by atoms with Crippen LogP contribution in [0.25, 0.3) is 0 Å². The van der Waals surface area contributed by atoms with Gasteiger partial charge in [-0.15, -0.1) is 0 Å². The van der Waals surface area contributed by atoms with E-state index in [0.29, 0.717) is 16.7 Å². The molecule has 3 aromatic carbocycles. The van der Waals surface area contributed by atoms with E-state index in [1.165, 1.54) is 25.3 Å². The van der Waals surface area contributed by atoms with Gasteiger partial charge >= 0.3 is 13.0 Å². The highest BCUT2D eigenvalue weighted by molar-refractivity contribution is 6.84. The standard InChI is InChI=1S/C29H24BF3N2O2/c1-21(34-20-25-18-11-19-37-25)26(27(36)22-12-5-2-6-13-22)28(29(31,32)33)35-30(23-14-7-3-8-15-23)24-16-9-4-10-17-24/h2-19,34H,20H2,1H3/b26-21-,35-28-. The number of hydrogen-bond donors (Lipinski definition) is 1. The van der Waals surface area contributed by atoms with E-state index in [-0.39, 0.29) is 17.8 Å². The van der Waals surface area contributed by atoms with Crippen molar-refractivity contribution in [1.29, 1.82) is 0 Å². The fraction of sp³-hybridized carbons (Fsp3) is 0.103. The first-order chi connectivity index (χ1) is 17.8. The van der Waals surface area contributed by atoms with Crippen molar-refractivity contribution in [2.24, 2.45) is 4.90 Å². The van der Waals surface area contributed by atoms with Crippen LogP contribution in [0.3, 0.4) is 0 Å². The minimum atomic E-state index is -4.91.